The van der Waals surface area contributed by atoms with Crippen LogP contribution in [0.2, 0.25) is 0 Å². The van der Waals surface area contributed by atoms with Crippen LogP contribution in [0.3, 0.4) is 0 Å². The number of hydrogen-bond donors (Lipinski definition) is 0. The molecule has 2 aromatic rings. The molecule has 7 nitrogen and oxygen atoms in total. The molecule has 0 spiro atoms. The van der Waals surface area contributed by atoms with Crippen molar-refractivity contribution in [1.29, 1.82) is 0 Å². The molecule has 10 heteroatoms. The zero-order chi connectivity index (χ0) is 20.3. The minimum Gasteiger partial charge on any atom is -0.497 e. The summed E-state index contributed by atoms with van der Waals surface area (Å²) in [7, 11) is -0.395. The summed E-state index contributed by atoms with van der Waals surface area (Å²) in [6.07, 6.45) is 0.192. The maximum atomic E-state index is 12.7. The molecule has 0 unspecified atom stereocenters. The fraction of sp³-hybridized carbons (Fsp3) is 0.389. The van der Waals surface area contributed by atoms with Gasteiger partial charge in [-0.05, 0) is 34.1 Å². The van der Waals surface area contributed by atoms with Crippen molar-refractivity contribution in [2.24, 2.45) is 0 Å². The predicted octanol–water partition coefficient (Wildman–Crippen LogP) is 2.60. The number of thiophene rings is 1. The second-order valence-corrected chi connectivity index (χ2v) is 10.8. The van der Waals surface area contributed by atoms with Gasteiger partial charge in [0.25, 0.3) is 10.0 Å². The Morgan fingerprint density at radius 3 is 2.39 bits per heavy atom. The number of nitrogens with zero attached hydrogens (tertiary/aromatic N) is 2. The normalized spacial score (nSPS) is 15.5. The Balaban J connectivity index is 1.63. The number of ether oxygens (including phenoxy) is 2. The van der Waals surface area contributed by atoms with Gasteiger partial charge in [0, 0.05) is 37.8 Å². The average Bonchev–Trinajstić information content (AvgIpc) is 3.15. The van der Waals surface area contributed by atoms with Crippen LogP contribution in [0.25, 0.3) is 0 Å². The second kappa shape index (κ2) is 8.81. The highest BCUT2D eigenvalue weighted by molar-refractivity contribution is 9.11. The summed E-state index contributed by atoms with van der Waals surface area (Å²) in [5.41, 5.74) is 0.770. The van der Waals surface area contributed by atoms with Crippen molar-refractivity contribution in [3.05, 3.63) is 39.7 Å². The first-order valence-corrected chi connectivity index (χ1v) is 11.6. The number of hydrogen-bond acceptors (Lipinski definition) is 6. The quantitative estimate of drug-likeness (QED) is 0.624. The van der Waals surface area contributed by atoms with Gasteiger partial charge in [-0.1, -0.05) is 6.07 Å². The summed E-state index contributed by atoms with van der Waals surface area (Å²) in [5.74, 6) is 1.20. The largest absolute Gasteiger partial charge is 0.497 e. The van der Waals surface area contributed by atoms with Gasteiger partial charge in [0.05, 0.1) is 24.4 Å². The van der Waals surface area contributed by atoms with E-state index in [1.54, 1.807) is 43.4 Å². The molecule has 152 valence electrons. The van der Waals surface area contributed by atoms with E-state index in [1.165, 1.54) is 15.6 Å². The summed E-state index contributed by atoms with van der Waals surface area (Å²) < 4.78 is 38.4. The number of rotatable bonds is 6. The van der Waals surface area contributed by atoms with Crippen LogP contribution >= 0.6 is 27.3 Å². The molecule has 0 saturated carbocycles. The van der Waals surface area contributed by atoms with E-state index < -0.39 is 10.0 Å². The molecular formula is C18H21BrN2O5S2. The molecule has 1 saturated heterocycles. The highest BCUT2D eigenvalue weighted by Gasteiger charge is 2.31. The van der Waals surface area contributed by atoms with Crippen LogP contribution in [0.4, 0.5) is 0 Å². The third kappa shape index (κ3) is 4.51. The zero-order valence-corrected chi connectivity index (χ0v) is 18.8. The SMILES string of the molecule is COc1ccc(CC(=O)N2CCN(S(=O)(=O)c3ccc(Br)s3)CC2)c(OC)c1. The highest BCUT2D eigenvalue weighted by Crippen LogP contribution is 2.29. The van der Waals surface area contributed by atoms with Gasteiger partial charge in [0.2, 0.25) is 5.91 Å². The minimum atomic E-state index is -3.52. The van der Waals surface area contributed by atoms with E-state index in [0.29, 0.717) is 28.8 Å². The molecule has 3 rings (SSSR count). The smallest absolute Gasteiger partial charge is 0.252 e. The lowest BCUT2D eigenvalue weighted by Gasteiger charge is -2.33. The molecule has 0 atom stereocenters. The first-order valence-electron chi connectivity index (χ1n) is 8.59. The molecule has 1 aliphatic rings. The number of benzene rings is 1. The molecular weight excluding hydrogens is 468 g/mol. The fourth-order valence-corrected chi connectivity index (χ4v) is 6.60. The summed E-state index contributed by atoms with van der Waals surface area (Å²) in [6.45, 7) is 1.29. The third-order valence-corrected chi connectivity index (χ3v) is 8.56. The topological polar surface area (TPSA) is 76.2 Å². The minimum absolute atomic E-state index is 0.0561. The maximum absolute atomic E-state index is 12.7. The second-order valence-electron chi connectivity index (χ2n) is 6.20. The molecule has 1 fully saturated rings. The summed E-state index contributed by atoms with van der Waals surface area (Å²) in [4.78, 5) is 14.4. The number of carbonyl (C=O) groups is 1. The number of carbonyl (C=O) groups excluding carboxylic acids is 1. The standard InChI is InChI=1S/C18H21BrN2O5S2/c1-25-14-4-3-13(15(12-14)26-2)11-17(22)20-7-9-21(10-8-20)28(23,24)18-6-5-16(19)27-18/h3-6,12H,7-11H2,1-2H3. The van der Waals surface area contributed by atoms with E-state index in [9.17, 15) is 13.2 Å². The van der Waals surface area contributed by atoms with Gasteiger partial charge in [-0.25, -0.2) is 8.42 Å². The van der Waals surface area contributed by atoms with Gasteiger partial charge in [-0.15, -0.1) is 11.3 Å². The average molecular weight is 489 g/mol. The van der Waals surface area contributed by atoms with Crippen molar-refractivity contribution in [3.63, 3.8) is 0 Å². The first-order chi connectivity index (χ1) is 13.3. The van der Waals surface area contributed by atoms with Crippen molar-refractivity contribution >= 4 is 43.2 Å². The molecule has 1 amide bonds. The van der Waals surface area contributed by atoms with E-state index in [0.717, 1.165) is 9.35 Å². The number of amides is 1. The molecule has 1 aromatic carbocycles. The monoisotopic (exact) mass is 488 g/mol. The molecule has 28 heavy (non-hydrogen) atoms. The Morgan fingerprint density at radius 1 is 1.11 bits per heavy atom. The van der Waals surface area contributed by atoms with Gasteiger partial charge in [0.1, 0.15) is 15.7 Å². The zero-order valence-electron chi connectivity index (χ0n) is 15.6. The van der Waals surface area contributed by atoms with Crippen LogP contribution in [-0.4, -0.2) is 63.9 Å². The van der Waals surface area contributed by atoms with Crippen molar-refractivity contribution in [2.75, 3.05) is 40.4 Å². The molecule has 0 bridgehead atoms. The van der Waals surface area contributed by atoms with Gasteiger partial charge >= 0.3 is 0 Å². The highest BCUT2D eigenvalue weighted by atomic mass is 79.9. The lowest BCUT2D eigenvalue weighted by atomic mass is 10.1. The third-order valence-electron chi connectivity index (χ3n) is 4.57. The summed E-state index contributed by atoms with van der Waals surface area (Å²) in [5, 5.41) is 0. The van der Waals surface area contributed by atoms with Crippen molar-refractivity contribution in [3.8, 4) is 11.5 Å². The van der Waals surface area contributed by atoms with Crippen LogP contribution in [-0.2, 0) is 21.2 Å². The van der Waals surface area contributed by atoms with Crippen LogP contribution in [0.15, 0.2) is 38.3 Å². The van der Waals surface area contributed by atoms with Gasteiger partial charge in [-0.2, -0.15) is 4.31 Å². The Morgan fingerprint density at radius 2 is 1.82 bits per heavy atom. The molecule has 1 aromatic heterocycles. The van der Waals surface area contributed by atoms with Crippen LogP contribution in [0, 0.1) is 0 Å². The molecule has 2 heterocycles. The van der Waals surface area contributed by atoms with E-state index in [4.69, 9.17) is 9.47 Å². The van der Waals surface area contributed by atoms with Crippen molar-refractivity contribution in [1.82, 2.24) is 9.21 Å². The molecule has 0 radical (unpaired) electrons. The first kappa shape index (κ1) is 21.1. The van der Waals surface area contributed by atoms with Crippen LogP contribution in [0.5, 0.6) is 11.5 Å². The van der Waals surface area contributed by atoms with E-state index in [-0.39, 0.29) is 25.4 Å². The van der Waals surface area contributed by atoms with Crippen LogP contribution in [0.1, 0.15) is 5.56 Å². The number of piperazine rings is 1. The summed E-state index contributed by atoms with van der Waals surface area (Å²) >= 11 is 4.48. The predicted molar refractivity (Wildman–Crippen MR) is 111 cm³/mol. The molecule has 0 N–H and O–H groups in total. The van der Waals surface area contributed by atoms with Crippen molar-refractivity contribution < 1.29 is 22.7 Å². The number of halogens is 1. The van der Waals surface area contributed by atoms with E-state index in [2.05, 4.69) is 15.9 Å². The van der Waals surface area contributed by atoms with Gasteiger partial charge < -0.3 is 14.4 Å². The van der Waals surface area contributed by atoms with Crippen LogP contribution < -0.4 is 9.47 Å². The molecule has 0 aliphatic carbocycles. The Labute approximate surface area is 177 Å². The van der Waals surface area contributed by atoms with E-state index in [1.807, 2.05) is 6.07 Å². The fourth-order valence-electron chi connectivity index (χ4n) is 3.01. The number of methoxy groups -OCH3 is 2. The lowest BCUT2D eigenvalue weighted by Crippen LogP contribution is -2.50. The van der Waals surface area contributed by atoms with Crippen molar-refractivity contribution in [2.45, 2.75) is 10.6 Å². The lowest BCUT2D eigenvalue weighted by molar-refractivity contribution is -0.131. The van der Waals surface area contributed by atoms with Gasteiger partial charge in [0.15, 0.2) is 0 Å². The summed E-state index contributed by atoms with van der Waals surface area (Å²) in [6, 6.07) is 8.66. The Bertz CT molecular complexity index is 953. The Hall–Kier alpha value is -1.62. The molecule has 1 aliphatic heterocycles. The Kier molecular flexibility index (Phi) is 6.64. The van der Waals surface area contributed by atoms with Gasteiger partial charge in [-0.3, -0.25) is 4.79 Å². The maximum Gasteiger partial charge on any atom is 0.252 e. The number of sulfonamides is 1. The van der Waals surface area contributed by atoms with E-state index >= 15 is 0 Å².